The SMILES string of the molecule is Cc1ccc(SCC(=O)N2CCN(C=O)CC2)c(F)c1.c1ccc(C2CC2)cc1. The van der Waals surface area contributed by atoms with Crippen LogP contribution in [0.2, 0.25) is 0 Å². The lowest BCUT2D eigenvalue weighted by Gasteiger charge is -2.32. The van der Waals surface area contributed by atoms with Crippen molar-refractivity contribution >= 4 is 24.1 Å². The molecule has 2 aromatic rings. The first-order chi connectivity index (χ1) is 14.1. The highest BCUT2D eigenvalue weighted by molar-refractivity contribution is 8.00. The van der Waals surface area contributed by atoms with Gasteiger partial charge in [0.05, 0.1) is 5.75 Å². The summed E-state index contributed by atoms with van der Waals surface area (Å²) in [6.45, 7) is 4.07. The van der Waals surface area contributed by atoms with Crippen LogP contribution in [0.25, 0.3) is 0 Å². The fourth-order valence-electron chi connectivity index (χ4n) is 3.17. The number of rotatable bonds is 5. The second kappa shape index (κ2) is 10.4. The van der Waals surface area contributed by atoms with E-state index in [9.17, 15) is 14.0 Å². The van der Waals surface area contributed by atoms with E-state index in [2.05, 4.69) is 30.3 Å². The first kappa shape index (κ1) is 21.4. The molecule has 4 nitrogen and oxygen atoms in total. The molecule has 29 heavy (non-hydrogen) atoms. The van der Waals surface area contributed by atoms with E-state index in [1.807, 2.05) is 13.0 Å². The lowest BCUT2D eigenvalue weighted by Crippen LogP contribution is -2.48. The fraction of sp³-hybridized carbons (Fsp3) is 0.391. The van der Waals surface area contributed by atoms with Gasteiger partial charge in [-0.3, -0.25) is 9.59 Å². The molecule has 0 N–H and O–H groups in total. The smallest absolute Gasteiger partial charge is 0.233 e. The Balaban J connectivity index is 0.000000220. The molecule has 0 spiro atoms. The Kier molecular flexibility index (Phi) is 7.69. The Bertz CT molecular complexity index is 819. The van der Waals surface area contributed by atoms with Gasteiger partial charge in [-0.25, -0.2) is 4.39 Å². The molecule has 1 saturated carbocycles. The first-order valence-corrected chi connectivity index (χ1v) is 11.0. The summed E-state index contributed by atoms with van der Waals surface area (Å²) in [5.41, 5.74) is 2.39. The van der Waals surface area contributed by atoms with Gasteiger partial charge in [0.15, 0.2) is 0 Å². The Morgan fingerprint density at radius 1 is 1.10 bits per heavy atom. The minimum absolute atomic E-state index is 0.0134. The molecule has 154 valence electrons. The molecule has 0 atom stereocenters. The van der Waals surface area contributed by atoms with Crippen LogP contribution < -0.4 is 0 Å². The number of carbonyl (C=O) groups excluding carboxylic acids is 2. The quantitative estimate of drug-likeness (QED) is 0.547. The molecular formula is C23H27FN2O2S. The summed E-state index contributed by atoms with van der Waals surface area (Å²) in [5.74, 6) is 0.835. The Hall–Kier alpha value is -2.34. The highest BCUT2D eigenvalue weighted by Gasteiger charge is 2.22. The zero-order valence-corrected chi connectivity index (χ0v) is 17.5. The number of hydrogen-bond acceptors (Lipinski definition) is 3. The molecule has 1 saturated heterocycles. The molecule has 0 bridgehead atoms. The molecule has 2 aromatic carbocycles. The highest BCUT2D eigenvalue weighted by atomic mass is 32.2. The van der Waals surface area contributed by atoms with Crippen molar-refractivity contribution in [3.8, 4) is 0 Å². The molecule has 6 heteroatoms. The van der Waals surface area contributed by atoms with Gasteiger partial charge in [-0.1, -0.05) is 36.4 Å². The maximum atomic E-state index is 13.6. The minimum atomic E-state index is -0.284. The van der Waals surface area contributed by atoms with Crippen molar-refractivity contribution < 1.29 is 14.0 Å². The van der Waals surface area contributed by atoms with Gasteiger partial charge in [0.25, 0.3) is 0 Å². The van der Waals surface area contributed by atoms with Gasteiger partial charge in [-0.2, -0.15) is 0 Å². The van der Waals surface area contributed by atoms with Gasteiger partial charge >= 0.3 is 0 Å². The molecule has 2 amide bonds. The Morgan fingerprint density at radius 3 is 2.38 bits per heavy atom. The van der Waals surface area contributed by atoms with Gasteiger partial charge < -0.3 is 9.80 Å². The van der Waals surface area contributed by atoms with Crippen LogP contribution in [0, 0.1) is 12.7 Å². The largest absolute Gasteiger partial charge is 0.342 e. The summed E-state index contributed by atoms with van der Waals surface area (Å²) in [5, 5.41) is 0. The average molecular weight is 415 g/mol. The van der Waals surface area contributed by atoms with Crippen molar-refractivity contribution in [3.63, 3.8) is 0 Å². The van der Waals surface area contributed by atoms with Crippen LogP contribution in [0.1, 0.15) is 29.9 Å². The summed E-state index contributed by atoms with van der Waals surface area (Å²) in [6, 6.07) is 15.8. The van der Waals surface area contributed by atoms with E-state index in [4.69, 9.17) is 0 Å². The number of carbonyl (C=O) groups is 2. The molecule has 1 heterocycles. The van der Waals surface area contributed by atoms with E-state index < -0.39 is 0 Å². The number of nitrogens with zero attached hydrogens (tertiary/aromatic N) is 2. The summed E-state index contributed by atoms with van der Waals surface area (Å²) in [7, 11) is 0. The molecule has 0 unspecified atom stereocenters. The third-order valence-corrected chi connectivity index (χ3v) is 6.14. The van der Waals surface area contributed by atoms with Crippen molar-refractivity contribution in [2.24, 2.45) is 0 Å². The van der Waals surface area contributed by atoms with Crippen LogP contribution in [0.5, 0.6) is 0 Å². The Labute approximate surface area is 176 Å². The summed E-state index contributed by atoms with van der Waals surface area (Å²) in [4.78, 5) is 26.5. The molecule has 0 aromatic heterocycles. The average Bonchev–Trinajstić information content (AvgIpc) is 3.60. The minimum Gasteiger partial charge on any atom is -0.342 e. The maximum absolute atomic E-state index is 13.6. The number of aryl methyl sites for hydroxylation is 1. The third-order valence-electron chi connectivity index (χ3n) is 5.10. The van der Waals surface area contributed by atoms with E-state index in [-0.39, 0.29) is 17.5 Å². The van der Waals surface area contributed by atoms with Crippen LogP contribution in [0.15, 0.2) is 53.4 Å². The maximum Gasteiger partial charge on any atom is 0.233 e. The number of piperazine rings is 1. The van der Waals surface area contributed by atoms with Crippen LogP contribution in [0.4, 0.5) is 4.39 Å². The fourth-order valence-corrected chi connectivity index (χ4v) is 3.99. The summed E-state index contributed by atoms with van der Waals surface area (Å²) in [6.07, 6.45) is 3.62. The van der Waals surface area contributed by atoms with Crippen molar-refractivity contribution in [2.75, 3.05) is 31.9 Å². The van der Waals surface area contributed by atoms with Gasteiger partial charge in [0.2, 0.25) is 12.3 Å². The van der Waals surface area contributed by atoms with E-state index in [0.29, 0.717) is 31.1 Å². The van der Waals surface area contributed by atoms with Crippen LogP contribution >= 0.6 is 11.8 Å². The standard InChI is InChI=1S/C14H17FN2O2S.C9H10/c1-11-2-3-13(12(15)8-11)20-9-14(19)17-6-4-16(10-18)5-7-17;1-2-4-8(5-3-1)9-6-7-9/h2-3,8,10H,4-7,9H2,1H3;1-5,9H,6-7H2. The zero-order valence-electron chi connectivity index (χ0n) is 16.7. The predicted octanol–water partition coefficient (Wildman–Crippen LogP) is 4.09. The number of halogens is 1. The first-order valence-electron chi connectivity index (χ1n) is 9.98. The number of thioether (sulfide) groups is 1. The number of benzene rings is 2. The molecule has 4 rings (SSSR count). The van der Waals surface area contributed by atoms with Gasteiger partial charge in [0, 0.05) is 31.1 Å². The van der Waals surface area contributed by atoms with Crippen molar-refractivity contribution in [1.29, 1.82) is 0 Å². The topological polar surface area (TPSA) is 40.6 Å². The third kappa shape index (κ3) is 6.60. The number of hydrogen-bond donors (Lipinski definition) is 0. The normalized spacial score (nSPS) is 16.1. The van der Waals surface area contributed by atoms with Crippen LogP contribution in [-0.2, 0) is 9.59 Å². The van der Waals surface area contributed by atoms with E-state index >= 15 is 0 Å². The van der Waals surface area contributed by atoms with Gasteiger partial charge in [-0.15, -0.1) is 11.8 Å². The van der Waals surface area contributed by atoms with Crippen LogP contribution in [0.3, 0.4) is 0 Å². The second-order valence-corrected chi connectivity index (χ2v) is 8.45. The predicted molar refractivity (Wildman–Crippen MR) is 114 cm³/mol. The van der Waals surface area contributed by atoms with Crippen LogP contribution in [-0.4, -0.2) is 54.0 Å². The lowest BCUT2D eigenvalue weighted by atomic mass is 10.1. The molecule has 2 fully saturated rings. The van der Waals surface area contributed by atoms with Gasteiger partial charge in [0.1, 0.15) is 5.82 Å². The molecular weight excluding hydrogens is 387 g/mol. The van der Waals surface area contributed by atoms with Gasteiger partial charge in [-0.05, 0) is 48.9 Å². The van der Waals surface area contributed by atoms with E-state index in [1.165, 1.54) is 36.2 Å². The summed E-state index contributed by atoms with van der Waals surface area (Å²) >= 11 is 1.21. The number of amides is 2. The monoisotopic (exact) mass is 414 g/mol. The molecule has 1 aliphatic heterocycles. The zero-order chi connectivity index (χ0) is 20.6. The molecule has 2 aliphatic rings. The molecule has 1 aliphatic carbocycles. The van der Waals surface area contributed by atoms with E-state index in [1.54, 1.807) is 15.9 Å². The lowest BCUT2D eigenvalue weighted by molar-refractivity contribution is -0.132. The summed E-state index contributed by atoms with van der Waals surface area (Å²) < 4.78 is 13.6. The molecule has 0 radical (unpaired) electrons. The van der Waals surface area contributed by atoms with E-state index in [0.717, 1.165) is 17.9 Å². The van der Waals surface area contributed by atoms with Crippen molar-refractivity contribution in [1.82, 2.24) is 9.80 Å². The second-order valence-electron chi connectivity index (χ2n) is 7.43. The highest BCUT2D eigenvalue weighted by Crippen LogP contribution is 2.39. The van der Waals surface area contributed by atoms with Crippen molar-refractivity contribution in [2.45, 2.75) is 30.6 Å². The Morgan fingerprint density at radius 2 is 1.79 bits per heavy atom. The van der Waals surface area contributed by atoms with Crippen molar-refractivity contribution in [3.05, 3.63) is 65.5 Å².